The highest BCUT2D eigenvalue weighted by Gasteiger charge is 2.52. The molecule has 0 spiro atoms. The van der Waals surface area contributed by atoms with Gasteiger partial charge in [-0.25, -0.2) is 4.98 Å². The number of carbonyl (C=O) groups excluding carboxylic acids is 1. The molecule has 5 heteroatoms. The minimum Gasteiger partial charge on any atom is -0.446 e. The Hall–Kier alpha value is -1.36. The fraction of sp³-hybridized carbons (Fsp3) is 0.733. The smallest absolute Gasteiger partial charge is 0.248 e. The summed E-state index contributed by atoms with van der Waals surface area (Å²) in [5.74, 6) is 1.72. The molecule has 1 N–H and O–H groups in total. The van der Waals surface area contributed by atoms with Crippen molar-refractivity contribution in [2.45, 2.75) is 50.1 Å². The summed E-state index contributed by atoms with van der Waals surface area (Å²) in [5.41, 5.74) is 1.06. The van der Waals surface area contributed by atoms with Crippen LogP contribution in [0.5, 0.6) is 0 Å². The number of fused-ring (bicyclic) bond motifs is 3. The van der Waals surface area contributed by atoms with Crippen molar-refractivity contribution in [2.75, 3.05) is 13.6 Å². The number of likely N-dealkylation sites (N-methyl/N-ethyl adjacent to an activating group) is 1. The van der Waals surface area contributed by atoms with E-state index < -0.39 is 0 Å². The number of oxazole rings is 1. The predicted molar refractivity (Wildman–Crippen MR) is 73.0 cm³/mol. The highest BCUT2D eigenvalue weighted by molar-refractivity contribution is 5.84. The summed E-state index contributed by atoms with van der Waals surface area (Å²) in [7, 11) is 1.82. The zero-order valence-electron chi connectivity index (χ0n) is 11.9. The van der Waals surface area contributed by atoms with Crippen LogP contribution in [0.25, 0.3) is 0 Å². The zero-order chi connectivity index (χ0) is 13.7. The molecule has 1 amide bonds. The normalized spacial score (nSPS) is 36.2. The molecule has 1 aromatic heterocycles. The lowest BCUT2D eigenvalue weighted by Gasteiger charge is -2.40. The molecule has 2 saturated carbocycles. The van der Waals surface area contributed by atoms with Gasteiger partial charge in [-0.1, -0.05) is 0 Å². The van der Waals surface area contributed by atoms with Crippen molar-refractivity contribution in [1.82, 2.24) is 15.2 Å². The largest absolute Gasteiger partial charge is 0.446 e. The highest BCUT2D eigenvalue weighted by atomic mass is 16.3. The van der Waals surface area contributed by atoms with Gasteiger partial charge < -0.3 is 14.6 Å². The number of amides is 1. The van der Waals surface area contributed by atoms with E-state index in [1.54, 1.807) is 0 Å². The molecule has 2 aliphatic carbocycles. The van der Waals surface area contributed by atoms with E-state index in [1.165, 1.54) is 38.5 Å². The number of carbonyl (C=O) groups is 1. The van der Waals surface area contributed by atoms with Crippen molar-refractivity contribution >= 4 is 5.91 Å². The molecule has 0 saturated heterocycles. The summed E-state index contributed by atoms with van der Waals surface area (Å²) < 4.78 is 5.48. The van der Waals surface area contributed by atoms with Crippen LogP contribution in [0.1, 0.15) is 49.6 Å². The Morgan fingerprint density at radius 2 is 2.25 bits per heavy atom. The number of hydrogen-bond acceptors (Lipinski definition) is 4. The van der Waals surface area contributed by atoms with E-state index in [9.17, 15) is 4.79 Å². The van der Waals surface area contributed by atoms with E-state index in [0.717, 1.165) is 24.6 Å². The fourth-order valence-electron chi connectivity index (χ4n) is 4.56. The van der Waals surface area contributed by atoms with E-state index in [4.69, 9.17) is 4.42 Å². The Morgan fingerprint density at radius 1 is 1.45 bits per heavy atom. The summed E-state index contributed by atoms with van der Waals surface area (Å²) in [5, 5.41) is 3.12. The molecule has 4 rings (SSSR count). The molecule has 2 bridgehead atoms. The molecule has 1 atom stereocenters. The first-order chi connectivity index (χ1) is 9.73. The molecule has 0 aromatic carbocycles. The van der Waals surface area contributed by atoms with Crippen molar-refractivity contribution in [2.24, 2.45) is 5.92 Å². The molecule has 1 aromatic rings. The Balaban J connectivity index is 1.69. The van der Waals surface area contributed by atoms with Crippen molar-refractivity contribution in [3.8, 4) is 0 Å². The van der Waals surface area contributed by atoms with Crippen molar-refractivity contribution in [1.29, 1.82) is 0 Å². The third-order valence-electron chi connectivity index (χ3n) is 5.59. The molecule has 20 heavy (non-hydrogen) atoms. The van der Waals surface area contributed by atoms with Gasteiger partial charge in [-0.15, -0.1) is 0 Å². The standard InChI is InChI=1S/C15H21N3O2/c1-16-12-13-11(17-9-20-13)4-7-18(14(12)19)15-5-2-10(8-15)3-6-15/h9-10,12,16H,2-8H2,1H3. The van der Waals surface area contributed by atoms with Crippen LogP contribution < -0.4 is 5.32 Å². The van der Waals surface area contributed by atoms with E-state index in [0.29, 0.717) is 5.76 Å². The molecule has 1 unspecified atom stereocenters. The lowest BCUT2D eigenvalue weighted by molar-refractivity contribution is -0.139. The first-order valence-corrected chi connectivity index (χ1v) is 7.64. The second-order valence-electron chi connectivity index (χ2n) is 6.50. The van der Waals surface area contributed by atoms with E-state index in [1.807, 2.05) is 7.05 Å². The van der Waals surface area contributed by atoms with Gasteiger partial charge in [0.2, 0.25) is 5.91 Å². The summed E-state index contributed by atoms with van der Waals surface area (Å²) in [4.78, 5) is 19.4. The van der Waals surface area contributed by atoms with Crippen molar-refractivity contribution in [3.05, 3.63) is 17.8 Å². The summed E-state index contributed by atoms with van der Waals surface area (Å²) >= 11 is 0. The first-order valence-electron chi connectivity index (χ1n) is 7.64. The van der Waals surface area contributed by atoms with Gasteiger partial charge in [0.25, 0.3) is 0 Å². The maximum absolute atomic E-state index is 13.0. The lowest BCUT2D eigenvalue weighted by Crippen LogP contribution is -2.52. The quantitative estimate of drug-likeness (QED) is 0.891. The van der Waals surface area contributed by atoms with Crippen molar-refractivity contribution < 1.29 is 9.21 Å². The number of hydrogen-bond donors (Lipinski definition) is 1. The van der Waals surface area contributed by atoms with Crippen LogP contribution in [-0.2, 0) is 11.2 Å². The Labute approximate surface area is 118 Å². The topological polar surface area (TPSA) is 58.4 Å². The first kappa shape index (κ1) is 12.4. The van der Waals surface area contributed by atoms with Crippen LogP contribution in [0.2, 0.25) is 0 Å². The molecule has 1 aliphatic heterocycles. The fourth-order valence-corrected chi connectivity index (χ4v) is 4.56. The van der Waals surface area contributed by atoms with Crippen LogP contribution in [-0.4, -0.2) is 34.9 Å². The van der Waals surface area contributed by atoms with Gasteiger partial charge in [-0.05, 0) is 45.1 Å². The summed E-state index contributed by atoms with van der Waals surface area (Å²) in [6.45, 7) is 0.781. The maximum Gasteiger partial charge on any atom is 0.248 e. The summed E-state index contributed by atoms with van der Waals surface area (Å²) in [6, 6.07) is -0.371. The number of rotatable bonds is 2. The number of aromatic nitrogens is 1. The number of nitrogens with zero attached hydrogens (tertiary/aromatic N) is 2. The second kappa shape index (κ2) is 4.32. The van der Waals surface area contributed by atoms with Gasteiger partial charge in [0.05, 0.1) is 5.69 Å². The van der Waals surface area contributed by atoms with Crippen LogP contribution in [0.15, 0.2) is 10.8 Å². The van der Waals surface area contributed by atoms with Gasteiger partial charge in [-0.2, -0.15) is 0 Å². The third kappa shape index (κ3) is 1.59. The molecule has 108 valence electrons. The average molecular weight is 275 g/mol. The second-order valence-corrected chi connectivity index (χ2v) is 6.50. The average Bonchev–Trinajstić information content (AvgIpc) is 3.15. The SMILES string of the molecule is CNC1C(=O)N(C23CCC(CC2)C3)CCc2ncoc21. The van der Waals surface area contributed by atoms with Gasteiger partial charge in [0.15, 0.2) is 12.2 Å². The van der Waals surface area contributed by atoms with Crippen LogP contribution in [0.3, 0.4) is 0 Å². The van der Waals surface area contributed by atoms with E-state index >= 15 is 0 Å². The highest BCUT2D eigenvalue weighted by Crippen LogP contribution is 2.52. The molecule has 2 heterocycles. The van der Waals surface area contributed by atoms with E-state index in [2.05, 4.69) is 15.2 Å². The lowest BCUT2D eigenvalue weighted by atomic mass is 9.91. The molecule has 3 aliphatic rings. The molecule has 5 nitrogen and oxygen atoms in total. The van der Waals surface area contributed by atoms with Crippen LogP contribution in [0, 0.1) is 5.92 Å². The van der Waals surface area contributed by atoms with Crippen molar-refractivity contribution in [3.63, 3.8) is 0 Å². The summed E-state index contributed by atoms with van der Waals surface area (Å²) in [6.07, 6.45) is 8.39. The zero-order valence-corrected chi connectivity index (χ0v) is 11.9. The Kier molecular flexibility index (Phi) is 2.67. The number of nitrogens with one attached hydrogen (secondary N) is 1. The molecule has 0 radical (unpaired) electrons. The monoisotopic (exact) mass is 275 g/mol. The maximum atomic E-state index is 13.0. The Bertz CT molecular complexity index is 531. The van der Waals surface area contributed by atoms with Crippen LogP contribution in [0.4, 0.5) is 0 Å². The molecular weight excluding hydrogens is 254 g/mol. The van der Waals surface area contributed by atoms with Gasteiger partial charge in [-0.3, -0.25) is 4.79 Å². The molecule has 2 fully saturated rings. The Morgan fingerprint density at radius 3 is 2.90 bits per heavy atom. The minimum atomic E-state index is -0.371. The third-order valence-corrected chi connectivity index (χ3v) is 5.59. The predicted octanol–water partition coefficient (Wildman–Crippen LogP) is 1.65. The van der Waals surface area contributed by atoms with E-state index in [-0.39, 0.29) is 17.5 Å². The van der Waals surface area contributed by atoms with Gasteiger partial charge >= 0.3 is 0 Å². The molecular formula is C15H21N3O2. The van der Waals surface area contributed by atoms with Gasteiger partial charge in [0, 0.05) is 18.5 Å². The minimum absolute atomic E-state index is 0.125. The van der Waals surface area contributed by atoms with Gasteiger partial charge in [0.1, 0.15) is 6.04 Å². The van der Waals surface area contributed by atoms with Crippen LogP contribution >= 0.6 is 0 Å².